The van der Waals surface area contributed by atoms with Gasteiger partial charge in [-0.1, -0.05) is 29.3 Å². The van der Waals surface area contributed by atoms with E-state index in [1.54, 1.807) is 18.2 Å². The number of ether oxygens (including phenoxy) is 1. The number of nitrogens with zero attached hydrogens (tertiary/aromatic N) is 2. The van der Waals surface area contributed by atoms with Crippen molar-refractivity contribution in [3.05, 3.63) is 44.5 Å². The highest BCUT2D eigenvalue weighted by Crippen LogP contribution is 2.50. The lowest BCUT2D eigenvalue weighted by molar-refractivity contribution is 0.0958. The highest BCUT2D eigenvalue weighted by molar-refractivity contribution is 7.19. The molecule has 2 aromatic rings. The number of thiophene rings is 1. The summed E-state index contributed by atoms with van der Waals surface area (Å²) >= 11 is 19.5. The second kappa shape index (κ2) is 9.82. The van der Waals surface area contributed by atoms with E-state index in [9.17, 15) is 4.79 Å². The van der Waals surface area contributed by atoms with Gasteiger partial charge >= 0.3 is 0 Å². The smallest absolute Gasteiger partial charge is 0.260 e. The Labute approximate surface area is 183 Å². The van der Waals surface area contributed by atoms with Crippen LogP contribution in [0.4, 0.5) is 10.7 Å². The lowest BCUT2D eigenvalue weighted by atomic mass is 10.0. The van der Waals surface area contributed by atoms with Crippen LogP contribution in [0.25, 0.3) is 16.0 Å². The Morgan fingerprint density at radius 3 is 2.71 bits per heavy atom. The summed E-state index contributed by atoms with van der Waals surface area (Å²) in [6, 6.07) is 5.07. The van der Waals surface area contributed by atoms with E-state index in [2.05, 4.69) is 15.1 Å². The predicted molar refractivity (Wildman–Crippen MR) is 117 cm³/mol. The second-order valence-corrected chi connectivity index (χ2v) is 8.31. The van der Waals surface area contributed by atoms with Gasteiger partial charge in [0.2, 0.25) is 5.69 Å². The zero-order chi connectivity index (χ0) is 20.1. The summed E-state index contributed by atoms with van der Waals surface area (Å²) in [5.74, 6) is 0.230. The maximum Gasteiger partial charge on any atom is 0.260 e. The van der Waals surface area contributed by atoms with E-state index in [0.29, 0.717) is 76.9 Å². The standard InChI is InChI=1S/C19H18Cl3N3O2S/c1-23-16-15(13-4-3-12(21)11-14(13)22)17(18(26)24-6-2-5-20)28-19(16)25-7-9-27-10-8-25/h3-4,11H,2,5-10H2,(H,24,26). The summed E-state index contributed by atoms with van der Waals surface area (Å²) in [7, 11) is 0. The number of nitrogens with one attached hydrogen (secondary N) is 1. The van der Waals surface area contributed by atoms with E-state index in [1.165, 1.54) is 11.3 Å². The van der Waals surface area contributed by atoms with E-state index in [1.807, 2.05) is 0 Å². The van der Waals surface area contributed by atoms with Gasteiger partial charge in [0.05, 0.1) is 29.7 Å². The Hall–Kier alpha value is -1.49. The van der Waals surface area contributed by atoms with E-state index in [4.69, 9.17) is 46.1 Å². The zero-order valence-electron chi connectivity index (χ0n) is 14.9. The monoisotopic (exact) mass is 457 g/mol. The summed E-state index contributed by atoms with van der Waals surface area (Å²) in [5.41, 5.74) is 1.60. The average Bonchev–Trinajstić information content (AvgIpc) is 3.08. The molecule has 1 aliphatic heterocycles. The zero-order valence-corrected chi connectivity index (χ0v) is 18.0. The van der Waals surface area contributed by atoms with Crippen molar-refractivity contribution in [2.45, 2.75) is 6.42 Å². The molecule has 1 N–H and O–H groups in total. The molecule has 0 atom stereocenters. The Balaban J connectivity index is 2.11. The van der Waals surface area contributed by atoms with E-state index < -0.39 is 0 Å². The molecule has 0 spiro atoms. The van der Waals surface area contributed by atoms with Crippen molar-refractivity contribution < 1.29 is 9.53 Å². The first-order valence-corrected chi connectivity index (χ1v) is 10.8. The lowest BCUT2D eigenvalue weighted by Gasteiger charge is -2.28. The molecular formula is C19H18Cl3N3O2S. The molecule has 1 aliphatic rings. The number of benzene rings is 1. The highest BCUT2D eigenvalue weighted by atomic mass is 35.5. The SMILES string of the molecule is [C-]#[N+]c1c(N2CCOCC2)sc(C(=O)NCCCCl)c1-c1ccc(Cl)cc1Cl. The van der Waals surface area contributed by atoms with Crippen LogP contribution in [0, 0.1) is 6.57 Å². The van der Waals surface area contributed by atoms with Crippen LogP contribution < -0.4 is 10.2 Å². The number of anilines is 1. The lowest BCUT2D eigenvalue weighted by Crippen LogP contribution is -2.35. The van der Waals surface area contributed by atoms with E-state index >= 15 is 0 Å². The van der Waals surface area contributed by atoms with Crippen molar-refractivity contribution in [2.75, 3.05) is 43.6 Å². The normalized spacial score (nSPS) is 14.0. The van der Waals surface area contributed by atoms with Crippen LogP contribution in [0.3, 0.4) is 0 Å². The van der Waals surface area contributed by atoms with Crippen LogP contribution in [-0.2, 0) is 4.74 Å². The third-order valence-corrected chi connectivity index (χ3v) is 6.33. The topological polar surface area (TPSA) is 45.9 Å². The fourth-order valence-electron chi connectivity index (χ4n) is 2.95. The van der Waals surface area contributed by atoms with Gasteiger partial charge < -0.3 is 15.0 Å². The van der Waals surface area contributed by atoms with Gasteiger partial charge in [-0.25, -0.2) is 4.85 Å². The van der Waals surface area contributed by atoms with Gasteiger partial charge in [-0.2, -0.15) is 0 Å². The quantitative estimate of drug-likeness (QED) is 0.355. The third kappa shape index (κ3) is 4.56. The molecule has 0 bridgehead atoms. The van der Waals surface area contributed by atoms with Crippen molar-refractivity contribution in [1.82, 2.24) is 5.32 Å². The van der Waals surface area contributed by atoms with Gasteiger partial charge in [-0.05, 0) is 24.1 Å². The molecule has 1 saturated heterocycles. The Kier molecular flexibility index (Phi) is 7.44. The highest BCUT2D eigenvalue weighted by Gasteiger charge is 2.28. The van der Waals surface area contributed by atoms with Gasteiger partial charge in [-0.15, -0.1) is 22.9 Å². The molecule has 2 heterocycles. The van der Waals surface area contributed by atoms with Crippen LogP contribution in [0.1, 0.15) is 16.1 Å². The minimum Gasteiger partial charge on any atom is -0.378 e. The van der Waals surface area contributed by atoms with Crippen LogP contribution in [0.15, 0.2) is 18.2 Å². The molecule has 28 heavy (non-hydrogen) atoms. The van der Waals surface area contributed by atoms with Crippen molar-refractivity contribution in [3.8, 4) is 11.1 Å². The number of amides is 1. The number of halogens is 3. The Bertz CT molecular complexity index is 905. The number of hydrogen-bond donors (Lipinski definition) is 1. The summed E-state index contributed by atoms with van der Waals surface area (Å²) in [4.78, 5) is 19.2. The predicted octanol–water partition coefficient (Wildman–Crippen LogP) is 5.47. The van der Waals surface area contributed by atoms with E-state index in [-0.39, 0.29) is 5.91 Å². The van der Waals surface area contributed by atoms with Gasteiger partial charge in [0.15, 0.2) is 0 Å². The summed E-state index contributed by atoms with van der Waals surface area (Å²) in [5, 5.41) is 4.54. The summed E-state index contributed by atoms with van der Waals surface area (Å²) < 4.78 is 5.42. The largest absolute Gasteiger partial charge is 0.378 e. The fraction of sp³-hybridized carbons (Fsp3) is 0.368. The van der Waals surface area contributed by atoms with Crippen molar-refractivity contribution in [1.29, 1.82) is 0 Å². The number of rotatable bonds is 6. The minimum absolute atomic E-state index is 0.236. The van der Waals surface area contributed by atoms with Gasteiger partial charge in [0, 0.05) is 41.1 Å². The van der Waals surface area contributed by atoms with Crippen molar-refractivity contribution in [3.63, 3.8) is 0 Å². The van der Waals surface area contributed by atoms with Gasteiger partial charge in [0.25, 0.3) is 5.91 Å². The number of hydrogen-bond acceptors (Lipinski definition) is 4. The molecule has 3 rings (SSSR count). The molecule has 1 aromatic heterocycles. The molecule has 1 fully saturated rings. The van der Waals surface area contributed by atoms with Crippen molar-refractivity contribution in [2.24, 2.45) is 0 Å². The molecule has 1 aromatic carbocycles. The van der Waals surface area contributed by atoms with Crippen LogP contribution in [-0.4, -0.2) is 44.6 Å². The minimum atomic E-state index is -0.236. The van der Waals surface area contributed by atoms with Gasteiger partial charge in [-0.3, -0.25) is 4.79 Å². The van der Waals surface area contributed by atoms with Crippen LogP contribution >= 0.6 is 46.1 Å². The first-order valence-electron chi connectivity index (χ1n) is 8.73. The Morgan fingerprint density at radius 1 is 1.32 bits per heavy atom. The summed E-state index contributed by atoms with van der Waals surface area (Å²) in [6.45, 7) is 10.8. The number of morpholine rings is 1. The third-order valence-electron chi connectivity index (χ3n) is 4.28. The fourth-order valence-corrected chi connectivity index (χ4v) is 4.81. The number of alkyl halides is 1. The molecule has 5 nitrogen and oxygen atoms in total. The molecule has 0 saturated carbocycles. The maximum atomic E-state index is 12.9. The van der Waals surface area contributed by atoms with Crippen molar-refractivity contribution >= 4 is 62.7 Å². The molecule has 0 aliphatic carbocycles. The second-order valence-electron chi connectivity index (χ2n) is 6.09. The molecule has 0 unspecified atom stereocenters. The molecule has 148 valence electrons. The average molecular weight is 459 g/mol. The van der Waals surface area contributed by atoms with Gasteiger partial charge in [0.1, 0.15) is 0 Å². The maximum absolute atomic E-state index is 12.9. The summed E-state index contributed by atoms with van der Waals surface area (Å²) in [6.07, 6.45) is 0.668. The molecular weight excluding hydrogens is 441 g/mol. The van der Waals surface area contributed by atoms with Crippen LogP contribution in [0.2, 0.25) is 10.0 Å². The molecule has 1 amide bonds. The van der Waals surface area contributed by atoms with E-state index in [0.717, 1.165) is 5.00 Å². The number of carbonyl (C=O) groups is 1. The number of carbonyl (C=O) groups excluding carboxylic acids is 1. The molecule has 0 radical (unpaired) electrons. The molecule has 9 heteroatoms. The van der Waals surface area contributed by atoms with Crippen LogP contribution in [0.5, 0.6) is 0 Å². The first kappa shape index (κ1) is 21.2. The Morgan fingerprint density at radius 2 is 2.07 bits per heavy atom. The first-order chi connectivity index (χ1) is 13.6.